The first kappa shape index (κ1) is 72.7. The number of nitrogens with two attached hydrogens (primary N) is 2. The van der Waals surface area contributed by atoms with Gasteiger partial charge in [-0.25, -0.2) is 29.5 Å². The molecular weight excluding hydrogens is 1290 g/mol. The molecule has 0 unspecified atom stereocenters. The molecule has 0 aliphatic heterocycles. The molecule has 0 bridgehead atoms. The molecule has 10 N–H and O–H groups in total. The average molecular weight is 1380 g/mol. The Bertz CT molecular complexity index is 4430. The van der Waals surface area contributed by atoms with Crippen molar-refractivity contribution in [2.45, 2.75) is 144 Å². The van der Waals surface area contributed by atoms with E-state index in [1.807, 2.05) is 62.4 Å². The highest BCUT2D eigenvalue weighted by molar-refractivity contribution is 6.05. The lowest BCUT2D eigenvalue weighted by Gasteiger charge is -2.26. The summed E-state index contributed by atoms with van der Waals surface area (Å²) in [5.74, 6) is -4.72. The number of allylic oxidation sites excluding steroid dienone is 2. The van der Waals surface area contributed by atoms with E-state index in [0.717, 1.165) is 22.3 Å². The number of fused-ring (bicyclic) bond motifs is 5. The summed E-state index contributed by atoms with van der Waals surface area (Å²) in [5, 5.41) is 16.1. The third kappa shape index (κ3) is 17.8. The number of imidazole rings is 2. The summed E-state index contributed by atoms with van der Waals surface area (Å²) in [6.45, 7) is 15.9. The van der Waals surface area contributed by atoms with Gasteiger partial charge in [0, 0.05) is 56.9 Å². The van der Waals surface area contributed by atoms with Crippen LogP contribution in [0.15, 0.2) is 93.8 Å². The van der Waals surface area contributed by atoms with Gasteiger partial charge in [0.1, 0.15) is 52.4 Å². The highest BCUT2D eigenvalue weighted by Crippen LogP contribution is 2.44. The number of aromatic nitrogens is 6. The maximum absolute atomic E-state index is 14.3. The minimum Gasteiger partial charge on any atom is -0.494 e. The Hall–Kier alpha value is -11.6. The monoisotopic (exact) mass is 1370 g/mol. The number of ether oxygens (including phenoxy) is 5. The normalized spacial score (nSPS) is 12.7. The van der Waals surface area contributed by atoms with Crippen LogP contribution in [0.5, 0.6) is 11.5 Å². The van der Waals surface area contributed by atoms with Crippen molar-refractivity contribution in [1.29, 1.82) is 0 Å². The van der Waals surface area contributed by atoms with Crippen molar-refractivity contribution < 1.29 is 75.7 Å². The van der Waals surface area contributed by atoms with E-state index in [1.54, 1.807) is 76.7 Å². The average Bonchev–Trinajstić information content (AvgIpc) is 1.63. The molecule has 4 aromatic heterocycles. The highest BCUT2D eigenvalue weighted by atomic mass is 16.6. The molecule has 0 spiro atoms. The number of oxazole rings is 2. The van der Waals surface area contributed by atoms with Gasteiger partial charge >= 0.3 is 18.2 Å². The zero-order valence-electron chi connectivity index (χ0n) is 57.5. The van der Waals surface area contributed by atoms with Gasteiger partial charge in [-0.05, 0) is 114 Å². The third-order valence-electron chi connectivity index (χ3n) is 15.7. The van der Waals surface area contributed by atoms with Crippen LogP contribution in [0.1, 0.15) is 157 Å². The topological polar surface area (TPSA) is 412 Å². The van der Waals surface area contributed by atoms with Crippen LogP contribution in [-0.2, 0) is 54.5 Å². The Kier molecular flexibility index (Phi) is 22.7. The molecule has 528 valence electrons. The summed E-state index contributed by atoms with van der Waals surface area (Å²) < 4.78 is 43.5. The Morgan fingerprint density at radius 1 is 0.630 bits per heavy atom. The van der Waals surface area contributed by atoms with Crippen LogP contribution in [0.25, 0.3) is 33.2 Å². The van der Waals surface area contributed by atoms with Gasteiger partial charge in [0.2, 0.25) is 47.0 Å². The number of nitrogens with zero attached hydrogens (tertiary/aromatic N) is 6. The number of hydrogen-bond acceptors (Lipinski definition) is 20. The van der Waals surface area contributed by atoms with Gasteiger partial charge in [0.25, 0.3) is 11.8 Å². The molecule has 0 fully saturated rings. The number of primary amides is 2. The van der Waals surface area contributed by atoms with Gasteiger partial charge in [-0.1, -0.05) is 74.5 Å². The van der Waals surface area contributed by atoms with E-state index in [9.17, 15) is 43.2 Å². The van der Waals surface area contributed by atoms with Crippen LogP contribution in [0, 0.1) is 13.8 Å². The summed E-state index contributed by atoms with van der Waals surface area (Å²) >= 11 is 0. The van der Waals surface area contributed by atoms with Crippen molar-refractivity contribution in [3.63, 3.8) is 0 Å². The molecular formula is C70H82N14O16. The molecule has 0 saturated carbocycles. The van der Waals surface area contributed by atoms with E-state index in [2.05, 4.69) is 46.9 Å². The quantitative estimate of drug-likeness (QED) is 0.00952. The van der Waals surface area contributed by atoms with Gasteiger partial charge in [-0.3, -0.25) is 44.2 Å². The molecule has 8 amide bonds. The van der Waals surface area contributed by atoms with Gasteiger partial charge in [-0.2, -0.15) is 0 Å². The van der Waals surface area contributed by atoms with E-state index < -0.39 is 83.4 Å². The lowest BCUT2D eigenvalue weighted by atomic mass is 9.98. The van der Waals surface area contributed by atoms with Crippen LogP contribution >= 0.6 is 0 Å². The van der Waals surface area contributed by atoms with Crippen LogP contribution in [-0.4, -0.2) is 139 Å². The molecule has 0 saturated heterocycles. The van der Waals surface area contributed by atoms with E-state index in [0.29, 0.717) is 29.7 Å². The van der Waals surface area contributed by atoms with Gasteiger partial charge in [0.05, 0.1) is 42.7 Å². The zero-order valence-corrected chi connectivity index (χ0v) is 57.5. The maximum Gasteiger partial charge on any atom is 0.408 e. The summed E-state index contributed by atoms with van der Waals surface area (Å²) in [4.78, 5) is 140. The van der Waals surface area contributed by atoms with Crippen LogP contribution in [0.3, 0.4) is 0 Å². The smallest absolute Gasteiger partial charge is 0.408 e. The SMILES string of the molecule is CCc1nc(C)oc1C(=O)Nc1nc2cc(C(N)=O)cc(OC)c2n1C/C=C/Cn1c(NC(=O)c2oc(C)nc2CC)nc2cc(C(N)=O)cc(OCCCNC(=O)[C@@H](CCC(=O)OC(C)(C)C)NC(=O)[C@@H](CNC(=O)OCC3c4ccccc4-c4ccccc43)NC(=O)OC(C)(C)C)c21. The van der Waals surface area contributed by atoms with E-state index in [-0.39, 0.29) is 132 Å². The number of rotatable bonds is 29. The number of benzene rings is 4. The lowest BCUT2D eigenvalue weighted by molar-refractivity contribution is -0.155. The molecule has 100 heavy (non-hydrogen) atoms. The van der Waals surface area contributed by atoms with Crippen LogP contribution in [0.4, 0.5) is 21.5 Å². The van der Waals surface area contributed by atoms with Crippen molar-refractivity contribution >= 4 is 87.6 Å². The largest absolute Gasteiger partial charge is 0.494 e. The molecule has 9 rings (SSSR count). The standard InChI is InChI=1S/C70H82N14O16/c1-12-46-57(97-37(3)75-46)63(90)81-65-78-49-31-39(59(71)86)33-52(94-11)55(49)83(65)28-18-19-29-84-56-50(79-66(84)82-64(91)58-47(13-2)76-38(4)98-58)32-40(60(72)87)34-53(56)95-30-20-27-73-61(88)48(25-26-54(85)99-69(5,6)7)77-62(89)51(80-68(93)100-70(8,9)10)35-74-67(92)96-36-45-43-23-16-14-21-41(43)42-22-15-17-24-44(42)45/h14-19,21-24,31-34,45,48,51H,12-13,20,25-30,35-36H2,1-11H3,(H2,71,86)(H2,72,87)(H,73,88)(H,74,92)(H,77,89)(H,80,93)(H,78,81,90)(H,79,82,91)/b19-18+/t48-,51-/m1/s1. The number of aryl methyl sites for hydroxylation is 4. The summed E-state index contributed by atoms with van der Waals surface area (Å²) in [7, 11) is 1.40. The third-order valence-corrected chi connectivity index (χ3v) is 15.7. The second kappa shape index (κ2) is 31.3. The molecule has 1 aliphatic rings. The Labute approximate surface area is 575 Å². The Balaban J connectivity index is 0.945. The number of amides is 8. The zero-order chi connectivity index (χ0) is 72.3. The molecule has 2 atom stereocenters. The Morgan fingerprint density at radius 2 is 1.14 bits per heavy atom. The highest BCUT2D eigenvalue weighted by Gasteiger charge is 2.33. The van der Waals surface area contributed by atoms with Gasteiger partial charge in [0.15, 0.2) is 11.8 Å². The number of esters is 1. The summed E-state index contributed by atoms with van der Waals surface area (Å²) in [6, 6.07) is 18.4. The number of nitrogens with one attached hydrogen (secondary N) is 6. The first-order valence-corrected chi connectivity index (χ1v) is 32.5. The van der Waals surface area contributed by atoms with Crippen molar-refractivity contribution in [2.24, 2.45) is 11.5 Å². The predicted molar refractivity (Wildman–Crippen MR) is 366 cm³/mol. The minimum atomic E-state index is -1.54. The van der Waals surface area contributed by atoms with Crippen molar-refractivity contribution in [2.75, 3.05) is 44.0 Å². The first-order valence-electron chi connectivity index (χ1n) is 32.5. The van der Waals surface area contributed by atoms with Gasteiger partial charge in [-0.15, -0.1) is 0 Å². The fourth-order valence-corrected chi connectivity index (χ4v) is 11.3. The number of carbonyl (C=O) groups is 9. The number of anilines is 2. The van der Waals surface area contributed by atoms with Crippen molar-refractivity contribution in [1.82, 2.24) is 50.3 Å². The lowest BCUT2D eigenvalue weighted by Crippen LogP contribution is -2.57. The molecule has 4 heterocycles. The van der Waals surface area contributed by atoms with E-state index in [4.69, 9.17) is 49.0 Å². The molecule has 30 heteroatoms. The Morgan fingerprint density at radius 3 is 1.64 bits per heavy atom. The van der Waals surface area contributed by atoms with Crippen LogP contribution in [0.2, 0.25) is 0 Å². The number of alkyl carbamates (subject to hydrolysis) is 2. The predicted octanol–water partition coefficient (Wildman–Crippen LogP) is 7.99. The second-order valence-corrected chi connectivity index (χ2v) is 25.4. The molecule has 0 radical (unpaired) electrons. The van der Waals surface area contributed by atoms with Crippen LogP contribution < -0.4 is 52.8 Å². The fourth-order valence-electron chi connectivity index (χ4n) is 11.3. The molecule has 1 aliphatic carbocycles. The number of methoxy groups -OCH3 is 1. The maximum atomic E-state index is 14.3. The van der Waals surface area contributed by atoms with Crippen molar-refractivity contribution in [3.05, 3.63) is 142 Å². The summed E-state index contributed by atoms with van der Waals surface area (Å²) in [5.41, 5.74) is 15.7. The molecule has 30 nitrogen and oxygen atoms in total. The minimum absolute atomic E-state index is 0.00827. The number of hydrogen-bond donors (Lipinski definition) is 8. The molecule has 8 aromatic rings. The molecule has 4 aromatic carbocycles. The van der Waals surface area contributed by atoms with Gasteiger partial charge < -0.3 is 74.4 Å². The fraction of sp³-hybridized carbons (Fsp3) is 0.386. The second-order valence-electron chi connectivity index (χ2n) is 25.4. The number of carbonyl (C=O) groups excluding carboxylic acids is 9. The van der Waals surface area contributed by atoms with Crippen molar-refractivity contribution in [3.8, 4) is 22.6 Å². The van der Waals surface area contributed by atoms with E-state index in [1.165, 1.54) is 31.4 Å². The van der Waals surface area contributed by atoms with E-state index >= 15 is 0 Å². The first-order chi connectivity index (χ1) is 47.5. The summed E-state index contributed by atoms with van der Waals surface area (Å²) in [6.07, 6.45) is 1.81.